The van der Waals surface area contributed by atoms with Crippen LogP contribution in [-0.2, 0) is 4.79 Å². The van der Waals surface area contributed by atoms with Crippen molar-refractivity contribution in [2.75, 3.05) is 7.05 Å². The molecule has 3 nitrogen and oxygen atoms in total. The minimum absolute atomic E-state index is 0.398. The second kappa shape index (κ2) is 4.48. The highest BCUT2D eigenvalue weighted by Gasteiger charge is 2.48. The van der Waals surface area contributed by atoms with Gasteiger partial charge in [0.15, 0.2) is 0 Å². The zero-order valence-electron chi connectivity index (χ0n) is 11.1. The lowest BCUT2D eigenvalue weighted by Gasteiger charge is -2.46. The van der Waals surface area contributed by atoms with Gasteiger partial charge in [-0.2, -0.15) is 0 Å². The Bertz CT molecular complexity index is 455. The molecule has 1 aliphatic carbocycles. The van der Waals surface area contributed by atoms with Gasteiger partial charge in [-0.05, 0) is 38.3 Å². The summed E-state index contributed by atoms with van der Waals surface area (Å²) in [4.78, 5) is 15.6. The van der Waals surface area contributed by atoms with Crippen LogP contribution in [-0.4, -0.2) is 28.7 Å². The lowest BCUT2D eigenvalue weighted by Crippen LogP contribution is -2.53. The third kappa shape index (κ3) is 1.54. The molecule has 0 amide bonds. The van der Waals surface area contributed by atoms with E-state index in [0.717, 1.165) is 42.8 Å². The van der Waals surface area contributed by atoms with Gasteiger partial charge >= 0.3 is 0 Å². The van der Waals surface area contributed by atoms with E-state index in [1.807, 2.05) is 37.1 Å². The predicted octanol–water partition coefficient (Wildman–Crippen LogP) is 2.80. The van der Waals surface area contributed by atoms with Crippen molar-refractivity contribution in [2.45, 2.75) is 31.7 Å². The van der Waals surface area contributed by atoms with Gasteiger partial charge in [0.1, 0.15) is 17.6 Å². The van der Waals surface area contributed by atoms with Crippen LogP contribution in [0.2, 0.25) is 0 Å². The van der Waals surface area contributed by atoms with E-state index in [1.54, 1.807) is 0 Å². The van der Waals surface area contributed by atoms with Crippen LogP contribution in [0.4, 0.5) is 0 Å². The molecule has 1 heterocycles. The highest BCUT2D eigenvalue weighted by molar-refractivity contribution is 5.68. The number of aldehydes is 1. The summed E-state index contributed by atoms with van der Waals surface area (Å²) in [6.45, 7) is 9.94. The van der Waals surface area contributed by atoms with Gasteiger partial charge in [-0.25, -0.2) is 0 Å². The van der Waals surface area contributed by atoms with Gasteiger partial charge in [-0.15, -0.1) is 0 Å². The first-order valence-corrected chi connectivity index (χ1v) is 6.30. The third-order valence-corrected chi connectivity index (χ3v) is 3.91. The van der Waals surface area contributed by atoms with Gasteiger partial charge < -0.3 is 14.6 Å². The summed E-state index contributed by atoms with van der Waals surface area (Å²) in [7, 11) is 1.96. The molecule has 1 aliphatic heterocycles. The van der Waals surface area contributed by atoms with Gasteiger partial charge in [-0.1, -0.05) is 19.2 Å². The van der Waals surface area contributed by atoms with Crippen LogP contribution in [0.1, 0.15) is 26.2 Å². The second-order valence-corrected chi connectivity index (χ2v) is 4.86. The number of hydrogen-bond donors (Lipinski definition) is 0. The van der Waals surface area contributed by atoms with Crippen LogP contribution in [0.25, 0.3) is 0 Å². The maximum absolute atomic E-state index is 11.5. The molecular formula is C15H20N2O. The maximum atomic E-state index is 11.5. The average Bonchev–Trinajstić information content (AvgIpc) is 2.54. The molecule has 0 spiro atoms. The number of rotatable bonds is 4. The number of nitrogens with zero attached hydrogens (tertiary/aromatic N) is 2. The fourth-order valence-electron chi connectivity index (χ4n) is 2.70. The fourth-order valence-corrected chi connectivity index (χ4v) is 2.70. The molecule has 0 aromatic heterocycles. The van der Waals surface area contributed by atoms with Crippen molar-refractivity contribution in [3.63, 3.8) is 0 Å². The highest BCUT2D eigenvalue weighted by Crippen LogP contribution is 2.45. The minimum atomic E-state index is -0.398. The van der Waals surface area contributed by atoms with E-state index in [1.165, 1.54) is 0 Å². The summed E-state index contributed by atoms with van der Waals surface area (Å²) in [5.74, 6) is 0.852. The summed E-state index contributed by atoms with van der Waals surface area (Å²) >= 11 is 0. The Morgan fingerprint density at radius 1 is 1.33 bits per heavy atom. The lowest BCUT2D eigenvalue weighted by atomic mass is 9.76. The van der Waals surface area contributed by atoms with Crippen LogP contribution in [0, 0.1) is 0 Å². The largest absolute Gasteiger partial charge is 0.330 e. The highest BCUT2D eigenvalue weighted by atomic mass is 16.1. The van der Waals surface area contributed by atoms with Gasteiger partial charge in [0.2, 0.25) is 0 Å². The van der Waals surface area contributed by atoms with E-state index >= 15 is 0 Å². The second-order valence-electron chi connectivity index (χ2n) is 4.86. The molecule has 0 atom stereocenters. The molecule has 0 N–H and O–H groups in total. The zero-order chi connectivity index (χ0) is 13.3. The Morgan fingerprint density at radius 3 is 2.39 bits per heavy atom. The minimum Gasteiger partial charge on any atom is -0.330 e. The van der Waals surface area contributed by atoms with Gasteiger partial charge in [0.05, 0.1) is 11.4 Å². The first-order valence-electron chi connectivity index (χ1n) is 6.30. The molecule has 0 aromatic carbocycles. The van der Waals surface area contributed by atoms with Crippen molar-refractivity contribution in [2.24, 2.45) is 0 Å². The molecule has 2 rings (SSSR count). The first-order chi connectivity index (χ1) is 8.61. The van der Waals surface area contributed by atoms with E-state index in [2.05, 4.69) is 18.1 Å². The summed E-state index contributed by atoms with van der Waals surface area (Å²) in [5.41, 5.74) is 1.63. The zero-order valence-corrected chi connectivity index (χ0v) is 11.1. The van der Waals surface area contributed by atoms with Crippen molar-refractivity contribution in [1.82, 2.24) is 9.80 Å². The maximum Gasteiger partial charge on any atom is 0.145 e. The lowest BCUT2D eigenvalue weighted by molar-refractivity contribution is -0.121. The van der Waals surface area contributed by atoms with E-state index in [4.69, 9.17) is 0 Å². The molecule has 1 saturated carbocycles. The Morgan fingerprint density at radius 2 is 2.00 bits per heavy atom. The summed E-state index contributed by atoms with van der Waals surface area (Å²) in [5, 5.41) is 0. The Kier molecular flexibility index (Phi) is 3.16. The fraction of sp³-hybridized carbons (Fsp3) is 0.400. The number of carbonyl (C=O) groups is 1. The van der Waals surface area contributed by atoms with Crippen LogP contribution in [0.5, 0.6) is 0 Å². The van der Waals surface area contributed by atoms with E-state index in [-0.39, 0.29) is 0 Å². The number of carbonyl (C=O) groups excluding carboxylic acids is 1. The van der Waals surface area contributed by atoms with Gasteiger partial charge in [-0.3, -0.25) is 0 Å². The van der Waals surface area contributed by atoms with Crippen LogP contribution in [0.3, 0.4) is 0 Å². The monoisotopic (exact) mass is 244 g/mol. The van der Waals surface area contributed by atoms with Gasteiger partial charge in [0, 0.05) is 7.05 Å². The Balaban J connectivity index is 2.51. The van der Waals surface area contributed by atoms with Crippen molar-refractivity contribution in [1.29, 1.82) is 0 Å². The molecule has 2 aliphatic rings. The molecule has 0 saturated heterocycles. The van der Waals surface area contributed by atoms with Gasteiger partial charge in [0.25, 0.3) is 0 Å². The normalized spacial score (nSPS) is 22.7. The SMILES string of the molecule is C=CC1=C(/C=C\C)N(C2(C=O)CCC2)C(=C)N1C. The molecule has 1 fully saturated rings. The molecule has 0 bridgehead atoms. The smallest absolute Gasteiger partial charge is 0.145 e. The first kappa shape index (κ1) is 12.7. The Hall–Kier alpha value is -1.77. The van der Waals surface area contributed by atoms with Crippen molar-refractivity contribution >= 4 is 6.29 Å². The Labute approximate surface area is 109 Å². The molecular weight excluding hydrogens is 224 g/mol. The van der Waals surface area contributed by atoms with E-state index in [9.17, 15) is 4.79 Å². The number of likely N-dealkylation sites (N-methyl/N-ethyl adjacent to an activating group) is 1. The average molecular weight is 244 g/mol. The topological polar surface area (TPSA) is 23.6 Å². The summed E-state index contributed by atoms with van der Waals surface area (Å²) in [6.07, 6.45) is 9.79. The standard InChI is InChI=1S/C15H20N2O/c1-5-8-14-13(6-2)16(4)12(3)17(14)15(11-18)9-7-10-15/h5-6,8,11H,2-3,7,9-10H2,1,4H3/b8-5-. The van der Waals surface area contributed by atoms with Crippen LogP contribution < -0.4 is 0 Å². The predicted molar refractivity (Wildman–Crippen MR) is 73.4 cm³/mol. The van der Waals surface area contributed by atoms with Crippen molar-refractivity contribution < 1.29 is 4.79 Å². The van der Waals surface area contributed by atoms with Crippen molar-refractivity contribution in [3.05, 3.63) is 48.6 Å². The van der Waals surface area contributed by atoms with Crippen molar-refractivity contribution in [3.8, 4) is 0 Å². The molecule has 0 unspecified atom stereocenters. The number of allylic oxidation sites excluding steroid dienone is 3. The quantitative estimate of drug-likeness (QED) is 0.710. The van der Waals surface area contributed by atoms with Crippen LogP contribution in [0.15, 0.2) is 48.6 Å². The van der Waals surface area contributed by atoms with E-state index in [0.29, 0.717) is 0 Å². The molecule has 0 radical (unpaired) electrons. The summed E-state index contributed by atoms with van der Waals surface area (Å²) < 4.78 is 0. The third-order valence-electron chi connectivity index (χ3n) is 3.91. The number of hydrogen-bond acceptors (Lipinski definition) is 3. The molecule has 96 valence electrons. The summed E-state index contributed by atoms with van der Waals surface area (Å²) in [6, 6.07) is 0. The van der Waals surface area contributed by atoms with Crippen LogP contribution >= 0.6 is 0 Å². The molecule has 3 heteroatoms. The molecule has 18 heavy (non-hydrogen) atoms. The molecule has 0 aromatic rings. The van der Waals surface area contributed by atoms with E-state index < -0.39 is 5.54 Å².